The molecule has 0 atom stereocenters. The molecule has 0 bridgehead atoms. The van der Waals surface area contributed by atoms with Crippen LogP contribution in [0.1, 0.15) is 21.7 Å². The van der Waals surface area contributed by atoms with Gasteiger partial charge in [0.1, 0.15) is 0 Å². The van der Waals surface area contributed by atoms with Crippen LogP contribution in [0, 0.1) is 10.5 Å². The lowest BCUT2D eigenvalue weighted by Crippen LogP contribution is -2.24. The molecule has 1 heterocycles. The van der Waals surface area contributed by atoms with Crippen LogP contribution in [0.5, 0.6) is 0 Å². The van der Waals surface area contributed by atoms with E-state index in [0.29, 0.717) is 23.1 Å². The molecule has 9 heteroatoms. The Labute approximate surface area is 198 Å². The SMILES string of the molecule is C=CCn1c(CNC(=O)c2ccccc2)nnc1SCC(=O)Nc1ccc(I)cc1C. The Morgan fingerprint density at radius 1 is 1.19 bits per heavy atom. The third-order valence-electron chi connectivity index (χ3n) is 4.34. The number of nitrogens with one attached hydrogen (secondary N) is 2. The second-order valence-corrected chi connectivity index (χ2v) is 8.83. The van der Waals surface area contributed by atoms with E-state index in [9.17, 15) is 9.59 Å². The average Bonchev–Trinajstić information content (AvgIpc) is 3.15. The number of thioether (sulfide) groups is 1. The molecule has 0 fully saturated rings. The van der Waals surface area contributed by atoms with Crippen LogP contribution < -0.4 is 10.6 Å². The molecule has 0 aliphatic heterocycles. The molecule has 7 nitrogen and oxygen atoms in total. The summed E-state index contributed by atoms with van der Waals surface area (Å²) < 4.78 is 2.96. The van der Waals surface area contributed by atoms with E-state index in [1.807, 2.05) is 47.9 Å². The van der Waals surface area contributed by atoms with Crippen molar-refractivity contribution in [3.8, 4) is 0 Å². The maximum atomic E-state index is 12.4. The Hall–Kier alpha value is -2.66. The first-order chi connectivity index (χ1) is 15.0. The van der Waals surface area contributed by atoms with E-state index in [-0.39, 0.29) is 24.1 Å². The van der Waals surface area contributed by atoms with Crippen molar-refractivity contribution < 1.29 is 9.59 Å². The molecule has 2 amide bonds. The predicted molar refractivity (Wildman–Crippen MR) is 131 cm³/mol. The number of carbonyl (C=O) groups excluding carboxylic acids is 2. The van der Waals surface area contributed by atoms with Gasteiger partial charge in [0.2, 0.25) is 5.91 Å². The molecule has 160 valence electrons. The second-order valence-electron chi connectivity index (χ2n) is 6.64. The molecule has 2 aromatic carbocycles. The number of rotatable bonds is 9. The largest absolute Gasteiger partial charge is 0.345 e. The zero-order chi connectivity index (χ0) is 22.2. The van der Waals surface area contributed by atoms with Crippen LogP contribution in [-0.4, -0.2) is 32.3 Å². The molecule has 0 unspecified atom stereocenters. The summed E-state index contributed by atoms with van der Waals surface area (Å²) in [5, 5.41) is 14.7. The van der Waals surface area contributed by atoms with Gasteiger partial charge < -0.3 is 15.2 Å². The highest BCUT2D eigenvalue weighted by Gasteiger charge is 2.15. The smallest absolute Gasteiger partial charge is 0.251 e. The van der Waals surface area contributed by atoms with Crippen molar-refractivity contribution in [3.05, 3.63) is 81.7 Å². The Morgan fingerprint density at radius 3 is 2.68 bits per heavy atom. The van der Waals surface area contributed by atoms with Gasteiger partial charge in [0.05, 0.1) is 12.3 Å². The number of hydrogen-bond acceptors (Lipinski definition) is 5. The maximum absolute atomic E-state index is 12.4. The summed E-state index contributed by atoms with van der Waals surface area (Å²) in [5.74, 6) is 0.481. The van der Waals surface area contributed by atoms with Crippen molar-refractivity contribution in [3.63, 3.8) is 0 Å². The molecule has 0 aliphatic carbocycles. The van der Waals surface area contributed by atoms with E-state index < -0.39 is 0 Å². The Morgan fingerprint density at radius 2 is 1.97 bits per heavy atom. The van der Waals surface area contributed by atoms with Gasteiger partial charge in [0, 0.05) is 21.4 Å². The van der Waals surface area contributed by atoms with Crippen molar-refractivity contribution in [2.45, 2.75) is 25.2 Å². The highest BCUT2D eigenvalue weighted by molar-refractivity contribution is 14.1. The van der Waals surface area contributed by atoms with Gasteiger partial charge in [-0.1, -0.05) is 36.0 Å². The average molecular weight is 547 g/mol. The lowest BCUT2D eigenvalue weighted by atomic mass is 10.2. The van der Waals surface area contributed by atoms with Crippen LogP contribution in [0.4, 0.5) is 5.69 Å². The molecule has 0 saturated heterocycles. The van der Waals surface area contributed by atoms with E-state index in [0.717, 1.165) is 14.8 Å². The van der Waals surface area contributed by atoms with Crippen molar-refractivity contribution in [1.29, 1.82) is 0 Å². The highest BCUT2D eigenvalue weighted by Crippen LogP contribution is 2.20. The monoisotopic (exact) mass is 547 g/mol. The minimum absolute atomic E-state index is 0.124. The first-order valence-electron chi connectivity index (χ1n) is 9.53. The fraction of sp³-hybridized carbons (Fsp3) is 0.182. The number of carbonyl (C=O) groups is 2. The molecule has 0 aliphatic rings. The number of nitrogens with zero attached hydrogens (tertiary/aromatic N) is 3. The number of anilines is 1. The van der Waals surface area contributed by atoms with Gasteiger partial charge in [0.15, 0.2) is 11.0 Å². The third kappa shape index (κ3) is 6.41. The summed E-state index contributed by atoms with van der Waals surface area (Å²) in [4.78, 5) is 24.7. The van der Waals surface area contributed by atoms with Crippen molar-refractivity contribution in [2.24, 2.45) is 0 Å². The number of allylic oxidation sites excluding steroid dienone is 1. The Balaban J connectivity index is 1.61. The molecule has 3 aromatic rings. The first-order valence-corrected chi connectivity index (χ1v) is 11.6. The summed E-state index contributed by atoms with van der Waals surface area (Å²) in [5.41, 5.74) is 2.38. The van der Waals surface area contributed by atoms with Gasteiger partial charge >= 0.3 is 0 Å². The van der Waals surface area contributed by atoms with Crippen LogP contribution in [0.2, 0.25) is 0 Å². The molecule has 0 spiro atoms. The molecule has 0 radical (unpaired) electrons. The highest BCUT2D eigenvalue weighted by atomic mass is 127. The lowest BCUT2D eigenvalue weighted by Gasteiger charge is -2.10. The Bertz CT molecular complexity index is 1080. The summed E-state index contributed by atoms with van der Waals surface area (Å²) in [6.07, 6.45) is 1.73. The van der Waals surface area contributed by atoms with Crippen molar-refractivity contribution in [2.75, 3.05) is 11.1 Å². The lowest BCUT2D eigenvalue weighted by molar-refractivity contribution is -0.113. The molecule has 0 saturated carbocycles. The number of aryl methyl sites for hydroxylation is 1. The molecule has 3 rings (SSSR count). The van der Waals surface area contributed by atoms with E-state index in [2.05, 4.69) is 50.0 Å². The van der Waals surface area contributed by atoms with Gasteiger partial charge in [-0.25, -0.2) is 0 Å². The summed E-state index contributed by atoms with van der Waals surface area (Å²) in [6.45, 7) is 6.44. The third-order valence-corrected chi connectivity index (χ3v) is 5.98. The van der Waals surface area contributed by atoms with E-state index in [4.69, 9.17) is 0 Å². The molecular weight excluding hydrogens is 525 g/mol. The van der Waals surface area contributed by atoms with Crippen LogP contribution in [0.15, 0.2) is 66.3 Å². The molecular formula is C22H22IN5O2S. The minimum atomic E-state index is -0.185. The van der Waals surface area contributed by atoms with Gasteiger partial charge in [-0.15, -0.1) is 16.8 Å². The van der Waals surface area contributed by atoms with E-state index in [1.165, 1.54) is 11.8 Å². The van der Waals surface area contributed by atoms with Crippen LogP contribution in [0.25, 0.3) is 0 Å². The van der Waals surface area contributed by atoms with Gasteiger partial charge in [0.25, 0.3) is 5.91 Å². The quantitative estimate of drug-likeness (QED) is 0.240. The fourth-order valence-corrected chi connectivity index (χ4v) is 4.22. The fourth-order valence-electron chi connectivity index (χ4n) is 2.80. The van der Waals surface area contributed by atoms with Gasteiger partial charge in [-0.2, -0.15) is 0 Å². The van der Waals surface area contributed by atoms with Crippen LogP contribution in [-0.2, 0) is 17.9 Å². The maximum Gasteiger partial charge on any atom is 0.251 e. The number of amides is 2. The molecule has 1 aromatic heterocycles. The Kier molecular flexibility index (Phi) is 8.24. The van der Waals surface area contributed by atoms with Gasteiger partial charge in [-0.05, 0) is 65.4 Å². The van der Waals surface area contributed by atoms with Crippen LogP contribution in [0.3, 0.4) is 0 Å². The van der Waals surface area contributed by atoms with E-state index >= 15 is 0 Å². The van der Waals surface area contributed by atoms with Crippen molar-refractivity contribution >= 4 is 51.9 Å². The predicted octanol–water partition coefficient (Wildman–Crippen LogP) is 4.04. The molecule has 31 heavy (non-hydrogen) atoms. The number of benzene rings is 2. The summed E-state index contributed by atoms with van der Waals surface area (Å²) in [6, 6.07) is 14.8. The topological polar surface area (TPSA) is 88.9 Å². The second kappa shape index (κ2) is 11.1. The molecule has 2 N–H and O–H groups in total. The first kappa shape index (κ1) is 23.0. The van der Waals surface area contributed by atoms with Gasteiger partial charge in [-0.3, -0.25) is 9.59 Å². The summed E-state index contributed by atoms with van der Waals surface area (Å²) in [7, 11) is 0. The van der Waals surface area contributed by atoms with Crippen LogP contribution >= 0.6 is 34.4 Å². The summed E-state index contributed by atoms with van der Waals surface area (Å²) >= 11 is 3.53. The zero-order valence-corrected chi connectivity index (χ0v) is 19.9. The standard InChI is InChI=1S/C22H22IN5O2S/c1-3-11-28-19(13-24-21(30)16-7-5-4-6-8-16)26-27-22(28)31-14-20(29)25-18-10-9-17(23)12-15(18)2/h3-10,12H,1,11,13-14H2,2H3,(H,24,30)(H,25,29). The normalized spacial score (nSPS) is 10.5. The van der Waals surface area contributed by atoms with E-state index in [1.54, 1.807) is 18.2 Å². The number of aromatic nitrogens is 3. The number of halogens is 1. The minimum Gasteiger partial charge on any atom is -0.345 e. The number of hydrogen-bond donors (Lipinski definition) is 2. The zero-order valence-electron chi connectivity index (χ0n) is 17.0. The van der Waals surface area contributed by atoms with Crippen molar-refractivity contribution in [1.82, 2.24) is 20.1 Å².